The predicted molar refractivity (Wildman–Crippen MR) is 82.5 cm³/mol. The molecule has 0 bridgehead atoms. The monoisotopic (exact) mass is 291 g/mol. The molecule has 0 saturated carbocycles. The van der Waals surface area contributed by atoms with Crippen LogP contribution in [0.1, 0.15) is 37.3 Å². The standard InChI is InChI=1S/C17H25NO3/c1-5-21-16(19)12-17(18(2)3)10-6-7-13-8-9-14(20-4)11-15(13)17/h8-9,11H,5-7,10,12H2,1-4H3. The van der Waals surface area contributed by atoms with Gasteiger partial charge in [-0.25, -0.2) is 0 Å². The summed E-state index contributed by atoms with van der Waals surface area (Å²) in [5.41, 5.74) is 2.21. The molecule has 116 valence electrons. The molecule has 4 nitrogen and oxygen atoms in total. The van der Waals surface area contributed by atoms with E-state index < -0.39 is 0 Å². The summed E-state index contributed by atoms with van der Waals surface area (Å²) in [7, 11) is 5.74. The van der Waals surface area contributed by atoms with Gasteiger partial charge in [0.05, 0.1) is 25.7 Å². The zero-order valence-electron chi connectivity index (χ0n) is 13.4. The molecule has 0 amide bonds. The molecule has 2 rings (SSSR count). The van der Waals surface area contributed by atoms with Crippen molar-refractivity contribution in [3.8, 4) is 5.75 Å². The lowest BCUT2D eigenvalue weighted by Gasteiger charge is -2.44. The molecule has 0 aliphatic heterocycles. The first-order valence-corrected chi connectivity index (χ1v) is 7.54. The number of esters is 1. The van der Waals surface area contributed by atoms with E-state index in [9.17, 15) is 4.79 Å². The quantitative estimate of drug-likeness (QED) is 0.782. The van der Waals surface area contributed by atoms with Gasteiger partial charge in [-0.1, -0.05) is 6.07 Å². The molecule has 0 radical (unpaired) electrons. The van der Waals surface area contributed by atoms with E-state index in [4.69, 9.17) is 9.47 Å². The molecule has 0 spiro atoms. The van der Waals surface area contributed by atoms with E-state index in [1.54, 1.807) is 7.11 Å². The van der Waals surface area contributed by atoms with Gasteiger partial charge in [0.25, 0.3) is 0 Å². The third-order valence-electron chi connectivity index (χ3n) is 4.45. The number of nitrogens with zero attached hydrogens (tertiary/aromatic N) is 1. The Bertz CT molecular complexity index is 513. The molecule has 1 unspecified atom stereocenters. The van der Waals surface area contributed by atoms with Crippen LogP contribution in [0.15, 0.2) is 18.2 Å². The van der Waals surface area contributed by atoms with Crippen LogP contribution >= 0.6 is 0 Å². The lowest BCUT2D eigenvalue weighted by Crippen LogP contribution is -2.46. The van der Waals surface area contributed by atoms with Gasteiger partial charge in [0, 0.05) is 0 Å². The second-order valence-electron chi connectivity index (χ2n) is 5.78. The number of fused-ring (bicyclic) bond motifs is 1. The van der Waals surface area contributed by atoms with Crippen LogP contribution in [-0.2, 0) is 21.5 Å². The highest BCUT2D eigenvalue weighted by Gasteiger charge is 2.41. The van der Waals surface area contributed by atoms with Crippen LogP contribution in [0.2, 0.25) is 0 Å². The van der Waals surface area contributed by atoms with Gasteiger partial charge in [0.1, 0.15) is 5.75 Å². The normalized spacial score (nSPS) is 21.0. The van der Waals surface area contributed by atoms with Crippen molar-refractivity contribution < 1.29 is 14.3 Å². The van der Waals surface area contributed by atoms with Gasteiger partial charge in [-0.15, -0.1) is 0 Å². The first-order valence-electron chi connectivity index (χ1n) is 7.54. The lowest BCUT2D eigenvalue weighted by molar-refractivity contribution is -0.146. The Balaban J connectivity index is 2.45. The molecule has 4 heteroatoms. The van der Waals surface area contributed by atoms with Crippen LogP contribution < -0.4 is 4.74 Å². The van der Waals surface area contributed by atoms with E-state index in [0.717, 1.165) is 25.0 Å². The molecule has 0 heterocycles. The fraction of sp³-hybridized carbons (Fsp3) is 0.588. The molecule has 1 aromatic rings. The highest BCUT2D eigenvalue weighted by molar-refractivity contribution is 5.71. The Kier molecular flexibility index (Phi) is 4.88. The van der Waals surface area contributed by atoms with Crippen LogP contribution in [0.5, 0.6) is 5.75 Å². The molecule has 0 aromatic heterocycles. The van der Waals surface area contributed by atoms with Crippen LogP contribution in [0.25, 0.3) is 0 Å². The Morgan fingerprint density at radius 2 is 2.14 bits per heavy atom. The van der Waals surface area contributed by atoms with E-state index in [2.05, 4.69) is 17.0 Å². The van der Waals surface area contributed by atoms with Gasteiger partial charge in [0.2, 0.25) is 0 Å². The molecule has 1 aliphatic carbocycles. The highest BCUT2D eigenvalue weighted by atomic mass is 16.5. The summed E-state index contributed by atoms with van der Waals surface area (Å²) in [4.78, 5) is 14.3. The predicted octanol–water partition coefficient (Wildman–Crippen LogP) is 2.74. The number of carbonyl (C=O) groups is 1. The van der Waals surface area contributed by atoms with Crippen molar-refractivity contribution in [1.82, 2.24) is 4.90 Å². The number of carbonyl (C=O) groups excluding carboxylic acids is 1. The molecule has 1 aliphatic rings. The summed E-state index contributed by atoms with van der Waals surface area (Å²) in [6, 6.07) is 6.19. The number of methoxy groups -OCH3 is 1. The second kappa shape index (κ2) is 6.48. The second-order valence-corrected chi connectivity index (χ2v) is 5.78. The van der Waals surface area contributed by atoms with Crippen molar-refractivity contribution in [3.05, 3.63) is 29.3 Å². The van der Waals surface area contributed by atoms with E-state index in [-0.39, 0.29) is 11.5 Å². The van der Waals surface area contributed by atoms with Crippen LogP contribution in [-0.4, -0.2) is 38.7 Å². The summed E-state index contributed by atoms with van der Waals surface area (Å²) in [6.07, 6.45) is 3.47. The van der Waals surface area contributed by atoms with Gasteiger partial charge in [0.15, 0.2) is 0 Å². The molecule has 0 N–H and O–H groups in total. The van der Waals surface area contributed by atoms with Crippen molar-refractivity contribution in [2.45, 2.75) is 38.1 Å². The smallest absolute Gasteiger partial charge is 0.308 e. The maximum absolute atomic E-state index is 12.1. The Morgan fingerprint density at radius 3 is 2.76 bits per heavy atom. The zero-order chi connectivity index (χ0) is 15.5. The number of aryl methyl sites for hydroxylation is 1. The number of hydrogen-bond donors (Lipinski definition) is 0. The molecule has 21 heavy (non-hydrogen) atoms. The fourth-order valence-electron chi connectivity index (χ4n) is 3.30. The minimum absolute atomic E-state index is 0.137. The largest absolute Gasteiger partial charge is 0.497 e. The molecular weight excluding hydrogens is 266 g/mol. The highest BCUT2D eigenvalue weighted by Crippen LogP contribution is 2.43. The summed E-state index contributed by atoms with van der Waals surface area (Å²) in [5.74, 6) is 0.701. The summed E-state index contributed by atoms with van der Waals surface area (Å²) in [6.45, 7) is 2.27. The molecule has 0 fully saturated rings. The van der Waals surface area contributed by atoms with Crippen molar-refractivity contribution in [2.75, 3.05) is 27.8 Å². The van der Waals surface area contributed by atoms with Crippen molar-refractivity contribution in [2.24, 2.45) is 0 Å². The first-order chi connectivity index (χ1) is 10.0. The SMILES string of the molecule is CCOC(=O)CC1(N(C)C)CCCc2ccc(OC)cc21. The molecular formula is C17H25NO3. The number of hydrogen-bond acceptors (Lipinski definition) is 4. The Labute approximate surface area is 127 Å². The van der Waals surface area contributed by atoms with Crippen molar-refractivity contribution in [3.63, 3.8) is 0 Å². The van der Waals surface area contributed by atoms with E-state index in [0.29, 0.717) is 13.0 Å². The Morgan fingerprint density at radius 1 is 1.38 bits per heavy atom. The molecule has 0 saturated heterocycles. The van der Waals surface area contributed by atoms with Gasteiger partial charge in [-0.3, -0.25) is 9.69 Å². The van der Waals surface area contributed by atoms with Crippen LogP contribution in [0.4, 0.5) is 0 Å². The zero-order valence-corrected chi connectivity index (χ0v) is 13.4. The first kappa shape index (κ1) is 15.8. The fourth-order valence-corrected chi connectivity index (χ4v) is 3.30. The average Bonchev–Trinajstić information content (AvgIpc) is 2.47. The number of ether oxygens (including phenoxy) is 2. The third-order valence-corrected chi connectivity index (χ3v) is 4.45. The maximum Gasteiger partial charge on any atom is 0.308 e. The van der Waals surface area contributed by atoms with E-state index >= 15 is 0 Å². The Hall–Kier alpha value is -1.55. The topological polar surface area (TPSA) is 38.8 Å². The lowest BCUT2D eigenvalue weighted by atomic mass is 9.73. The summed E-state index contributed by atoms with van der Waals surface area (Å²) < 4.78 is 10.6. The van der Waals surface area contributed by atoms with Gasteiger partial charge in [-0.05, 0) is 63.5 Å². The number of rotatable bonds is 5. The van der Waals surface area contributed by atoms with Gasteiger partial charge < -0.3 is 9.47 Å². The van der Waals surface area contributed by atoms with Gasteiger partial charge in [-0.2, -0.15) is 0 Å². The van der Waals surface area contributed by atoms with Crippen LogP contribution in [0.3, 0.4) is 0 Å². The summed E-state index contributed by atoms with van der Waals surface area (Å²) in [5, 5.41) is 0. The number of benzene rings is 1. The van der Waals surface area contributed by atoms with Gasteiger partial charge >= 0.3 is 5.97 Å². The van der Waals surface area contributed by atoms with Crippen molar-refractivity contribution >= 4 is 5.97 Å². The minimum Gasteiger partial charge on any atom is -0.497 e. The van der Waals surface area contributed by atoms with Crippen LogP contribution in [0, 0.1) is 0 Å². The maximum atomic E-state index is 12.1. The van der Waals surface area contributed by atoms with Crippen molar-refractivity contribution in [1.29, 1.82) is 0 Å². The molecule has 1 aromatic carbocycles. The minimum atomic E-state index is -0.297. The van der Waals surface area contributed by atoms with E-state index in [1.807, 2.05) is 27.1 Å². The van der Waals surface area contributed by atoms with E-state index in [1.165, 1.54) is 11.1 Å². The third kappa shape index (κ3) is 3.05. The summed E-state index contributed by atoms with van der Waals surface area (Å²) >= 11 is 0. The molecule has 1 atom stereocenters. The average molecular weight is 291 g/mol.